The molecular weight excluding hydrogens is 306 g/mol. The lowest BCUT2D eigenvalue weighted by Gasteiger charge is -2.17. The van der Waals surface area contributed by atoms with Gasteiger partial charge in [-0.1, -0.05) is 6.07 Å². The van der Waals surface area contributed by atoms with Gasteiger partial charge in [-0.2, -0.15) is 5.10 Å². The normalized spacial score (nSPS) is 11.9. The molecule has 0 aliphatic carbocycles. The van der Waals surface area contributed by atoms with Gasteiger partial charge in [0.05, 0.1) is 24.4 Å². The smallest absolute Gasteiger partial charge is 0.256 e. The monoisotopic (exact) mass is 329 g/mol. The number of rotatable bonds is 5. The number of aliphatic hydroxyl groups is 1. The Labute approximate surface area is 140 Å². The minimum Gasteiger partial charge on any atom is -0.478 e. The Morgan fingerprint density at radius 3 is 2.67 bits per heavy atom. The SMILES string of the molecule is CCn1nc(Nc2cn(C)nc2OC)c2ccc(C(C)(C)O)cc21. The van der Waals surface area contributed by atoms with Gasteiger partial charge < -0.3 is 15.2 Å². The Morgan fingerprint density at radius 1 is 1.29 bits per heavy atom. The minimum absolute atomic E-state index is 0.518. The van der Waals surface area contributed by atoms with Gasteiger partial charge in [0.15, 0.2) is 5.82 Å². The summed E-state index contributed by atoms with van der Waals surface area (Å²) in [6.07, 6.45) is 1.85. The van der Waals surface area contributed by atoms with Gasteiger partial charge in [0, 0.05) is 19.0 Å². The number of nitrogens with one attached hydrogen (secondary N) is 1. The lowest BCUT2D eigenvalue weighted by Crippen LogP contribution is -2.15. The van der Waals surface area contributed by atoms with Crippen molar-refractivity contribution >= 4 is 22.4 Å². The number of hydrogen-bond donors (Lipinski definition) is 2. The molecule has 7 heteroatoms. The Bertz CT molecular complexity index is 873. The highest BCUT2D eigenvalue weighted by molar-refractivity contribution is 5.92. The van der Waals surface area contributed by atoms with Crippen LogP contribution in [0.4, 0.5) is 11.5 Å². The number of nitrogens with zero attached hydrogens (tertiary/aromatic N) is 4. The second-order valence-corrected chi connectivity index (χ2v) is 6.31. The summed E-state index contributed by atoms with van der Waals surface area (Å²) in [5, 5.41) is 23.4. The van der Waals surface area contributed by atoms with Crippen LogP contribution in [0.2, 0.25) is 0 Å². The Kier molecular flexibility index (Phi) is 3.96. The van der Waals surface area contributed by atoms with E-state index < -0.39 is 5.60 Å². The molecule has 2 aromatic heterocycles. The number of aromatic nitrogens is 4. The molecule has 0 aliphatic heterocycles. The molecule has 24 heavy (non-hydrogen) atoms. The number of fused-ring (bicyclic) bond motifs is 1. The van der Waals surface area contributed by atoms with Crippen LogP contribution in [-0.2, 0) is 19.2 Å². The standard InChI is InChI=1S/C17H23N5O2/c1-6-22-14-9-11(17(2,3)23)7-8-12(14)15(19-22)18-13-10-21(4)20-16(13)24-5/h7-10,23H,6H2,1-5H3,(H,18,19). The lowest BCUT2D eigenvalue weighted by molar-refractivity contribution is 0.0787. The van der Waals surface area contributed by atoms with E-state index >= 15 is 0 Å². The maximum absolute atomic E-state index is 10.3. The predicted molar refractivity (Wildman–Crippen MR) is 93.7 cm³/mol. The highest BCUT2D eigenvalue weighted by atomic mass is 16.5. The van der Waals surface area contributed by atoms with Crippen molar-refractivity contribution in [2.75, 3.05) is 12.4 Å². The Hall–Kier alpha value is -2.54. The minimum atomic E-state index is -0.892. The van der Waals surface area contributed by atoms with Crippen molar-refractivity contribution in [1.82, 2.24) is 19.6 Å². The maximum atomic E-state index is 10.3. The fourth-order valence-electron chi connectivity index (χ4n) is 2.72. The molecule has 2 N–H and O–H groups in total. The summed E-state index contributed by atoms with van der Waals surface area (Å²) in [6, 6.07) is 5.89. The molecule has 7 nitrogen and oxygen atoms in total. The summed E-state index contributed by atoms with van der Waals surface area (Å²) in [5.41, 5.74) is 1.70. The van der Waals surface area contributed by atoms with Gasteiger partial charge in [-0.15, -0.1) is 5.10 Å². The van der Waals surface area contributed by atoms with Crippen molar-refractivity contribution < 1.29 is 9.84 Å². The molecule has 0 atom stereocenters. The van der Waals surface area contributed by atoms with E-state index in [4.69, 9.17) is 4.74 Å². The summed E-state index contributed by atoms with van der Waals surface area (Å²) < 4.78 is 8.88. The van der Waals surface area contributed by atoms with E-state index in [1.165, 1.54) is 0 Å². The molecule has 3 rings (SSSR count). The number of hydrogen-bond acceptors (Lipinski definition) is 5. The van der Waals surface area contributed by atoms with E-state index in [-0.39, 0.29) is 0 Å². The van der Waals surface area contributed by atoms with Gasteiger partial charge in [-0.05, 0) is 38.5 Å². The summed E-state index contributed by atoms with van der Waals surface area (Å²) in [6.45, 7) is 6.33. The summed E-state index contributed by atoms with van der Waals surface area (Å²) in [4.78, 5) is 0. The molecule has 0 fully saturated rings. The first-order chi connectivity index (χ1) is 11.3. The summed E-state index contributed by atoms with van der Waals surface area (Å²) in [7, 11) is 3.43. The largest absolute Gasteiger partial charge is 0.478 e. The molecule has 0 amide bonds. The predicted octanol–water partition coefficient (Wildman–Crippen LogP) is 2.77. The molecule has 0 unspecified atom stereocenters. The second-order valence-electron chi connectivity index (χ2n) is 6.31. The van der Waals surface area contributed by atoms with E-state index in [2.05, 4.69) is 15.5 Å². The fourth-order valence-corrected chi connectivity index (χ4v) is 2.72. The average Bonchev–Trinajstić information content (AvgIpc) is 3.06. The first-order valence-electron chi connectivity index (χ1n) is 7.91. The fraction of sp³-hybridized carbons (Fsp3) is 0.412. The van der Waals surface area contributed by atoms with Crippen molar-refractivity contribution in [2.24, 2.45) is 7.05 Å². The molecule has 0 saturated heterocycles. The zero-order valence-electron chi connectivity index (χ0n) is 14.7. The number of methoxy groups -OCH3 is 1. The van der Waals surface area contributed by atoms with Gasteiger partial charge >= 0.3 is 0 Å². The lowest BCUT2D eigenvalue weighted by atomic mass is 9.97. The van der Waals surface area contributed by atoms with Crippen LogP contribution in [0.15, 0.2) is 24.4 Å². The summed E-state index contributed by atoms with van der Waals surface area (Å²) in [5.74, 6) is 1.25. The quantitative estimate of drug-likeness (QED) is 0.753. The third kappa shape index (κ3) is 2.82. The highest BCUT2D eigenvalue weighted by Gasteiger charge is 2.19. The molecule has 0 saturated carbocycles. The van der Waals surface area contributed by atoms with Crippen LogP contribution in [0.3, 0.4) is 0 Å². The van der Waals surface area contributed by atoms with Gasteiger partial charge in [0.25, 0.3) is 5.88 Å². The molecular formula is C17H23N5O2. The van der Waals surface area contributed by atoms with Crippen LogP contribution in [0.1, 0.15) is 26.3 Å². The Balaban J connectivity index is 2.08. The van der Waals surface area contributed by atoms with E-state index in [1.54, 1.807) is 25.6 Å². The first-order valence-corrected chi connectivity index (χ1v) is 7.91. The third-order valence-electron chi connectivity index (χ3n) is 4.00. The number of aryl methyl sites for hydroxylation is 2. The molecule has 1 aromatic carbocycles. The Morgan fingerprint density at radius 2 is 2.04 bits per heavy atom. The van der Waals surface area contributed by atoms with Crippen LogP contribution < -0.4 is 10.1 Å². The van der Waals surface area contributed by atoms with Crippen molar-refractivity contribution in [3.8, 4) is 5.88 Å². The topological polar surface area (TPSA) is 77.1 Å². The zero-order valence-corrected chi connectivity index (χ0v) is 14.7. The first kappa shape index (κ1) is 16.3. The van der Waals surface area contributed by atoms with Gasteiger partial charge in [0.1, 0.15) is 5.69 Å². The van der Waals surface area contributed by atoms with Crippen molar-refractivity contribution in [1.29, 1.82) is 0 Å². The van der Waals surface area contributed by atoms with Crippen LogP contribution in [0, 0.1) is 0 Å². The van der Waals surface area contributed by atoms with Crippen LogP contribution in [0.25, 0.3) is 10.9 Å². The third-order valence-corrected chi connectivity index (χ3v) is 4.00. The molecule has 0 bridgehead atoms. The van der Waals surface area contributed by atoms with Crippen molar-refractivity contribution in [3.63, 3.8) is 0 Å². The van der Waals surface area contributed by atoms with Gasteiger partial charge in [-0.25, -0.2) is 0 Å². The van der Waals surface area contributed by atoms with E-state index in [1.807, 2.05) is 43.0 Å². The van der Waals surface area contributed by atoms with Gasteiger partial charge in [0.2, 0.25) is 0 Å². The average molecular weight is 329 g/mol. The van der Waals surface area contributed by atoms with E-state index in [9.17, 15) is 5.11 Å². The van der Waals surface area contributed by atoms with Crippen molar-refractivity contribution in [2.45, 2.75) is 32.9 Å². The highest BCUT2D eigenvalue weighted by Crippen LogP contribution is 2.32. The number of anilines is 2. The molecule has 2 heterocycles. The number of ether oxygens (including phenoxy) is 1. The van der Waals surface area contributed by atoms with Crippen molar-refractivity contribution in [3.05, 3.63) is 30.0 Å². The van der Waals surface area contributed by atoms with Gasteiger partial charge in [-0.3, -0.25) is 9.36 Å². The van der Waals surface area contributed by atoms with E-state index in [0.717, 1.165) is 34.5 Å². The molecule has 128 valence electrons. The molecule has 0 aliphatic rings. The van der Waals surface area contributed by atoms with Crippen LogP contribution >= 0.6 is 0 Å². The van der Waals surface area contributed by atoms with Crippen LogP contribution in [0.5, 0.6) is 5.88 Å². The molecule has 0 radical (unpaired) electrons. The summed E-state index contributed by atoms with van der Waals surface area (Å²) >= 11 is 0. The number of benzene rings is 1. The molecule has 0 spiro atoms. The second kappa shape index (κ2) is 5.83. The zero-order chi connectivity index (χ0) is 17.5. The maximum Gasteiger partial charge on any atom is 0.256 e. The molecule has 3 aromatic rings. The van der Waals surface area contributed by atoms with Crippen LogP contribution in [-0.4, -0.2) is 31.8 Å². The van der Waals surface area contributed by atoms with E-state index in [0.29, 0.717) is 5.88 Å².